The normalized spacial score (nSPS) is 10.8. The molecule has 0 bridgehead atoms. The van der Waals surface area contributed by atoms with Crippen LogP contribution in [-0.4, -0.2) is 15.9 Å². The topological polar surface area (TPSA) is 68.0 Å². The zero-order chi connectivity index (χ0) is 18.1. The molecule has 0 spiro atoms. The van der Waals surface area contributed by atoms with Crippen LogP contribution in [0.1, 0.15) is 15.9 Å². The second kappa shape index (κ2) is 6.72. The molecule has 26 heavy (non-hydrogen) atoms. The predicted molar refractivity (Wildman–Crippen MR) is 104 cm³/mol. The summed E-state index contributed by atoms with van der Waals surface area (Å²) in [6.45, 7) is 2.02. The first kappa shape index (κ1) is 16.5. The van der Waals surface area contributed by atoms with Crippen LogP contribution in [0.4, 0.5) is 5.69 Å². The van der Waals surface area contributed by atoms with Crippen LogP contribution in [0.2, 0.25) is 0 Å². The highest BCUT2D eigenvalue weighted by Crippen LogP contribution is 2.28. The minimum Gasteiger partial charge on any atom is -0.436 e. The van der Waals surface area contributed by atoms with E-state index in [9.17, 15) is 4.79 Å². The fourth-order valence-corrected chi connectivity index (χ4v) is 3.03. The number of benzene rings is 2. The second-order valence-corrected chi connectivity index (χ2v) is 6.78. The zero-order valence-corrected chi connectivity index (χ0v) is 15.4. The molecule has 2 aromatic heterocycles. The third kappa shape index (κ3) is 3.23. The molecule has 0 aliphatic rings. The number of aryl methyl sites for hydroxylation is 1. The lowest BCUT2D eigenvalue weighted by Crippen LogP contribution is -2.12. The number of carbonyl (C=O) groups is 1. The second-order valence-electron chi connectivity index (χ2n) is 5.86. The van der Waals surface area contributed by atoms with Crippen LogP contribution in [0.3, 0.4) is 0 Å². The Balaban J connectivity index is 1.64. The molecule has 2 aromatic carbocycles. The van der Waals surface area contributed by atoms with Gasteiger partial charge in [0, 0.05) is 34.2 Å². The van der Waals surface area contributed by atoms with Crippen LogP contribution in [0.15, 0.2) is 69.8 Å². The largest absolute Gasteiger partial charge is 0.436 e. The van der Waals surface area contributed by atoms with Crippen molar-refractivity contribution in [3.8, 4) is 11.5 Å². The number of rotatable bonds is 3. The van der Waals surface area contributed by atoms with E-state index in [2.05, 4.69) is 31.2 Å². The number of halogens is 1. The Kier molecular flexibility index (Phi) is 4.26. The maximum Gasteiger partial charge on any atom is 0.257 e. The van der Waals surface area contributed by atoms with Crippen molar-refractivity contribution in [2.24, 2.45) is 0 Å². The number of aromatic nitrogens is 2. The summed E-state index contributed by atoms with van der Waals surface area (Å²) in [5.74, 6) is 0.328. The molecule has 2 heterocycles. The van der Waals surface area contributed by atoms with Gasteiger partial charge in [0.05, 0.1) is 5.56 Å². The first-order valence-corrected chi connectivity index (χ1v) is 8.78. The lowest BCUT2D eigenvalue weighted by atomic mass is 10.1. The van der Waals surface area contributed by atoms with Crippen LogP contribution >= 0.6 is 15.9 Å². The van der Waals surface area contributed by atoms with Gasteiger partial charge in [0.15, 0.2) is 5.58 Å². The van der Waals surface area contributed by atoms with E-state index in [1.54, 1.807) is 24.4 Å². The van der Waals surface area contributed by atoms with Gasteiger partial charge in [0.25, 0.3) is 5.91 Å². The summed E-state index contributed by atoms with van der Waals surface area (Å²) in [6.07, 6.45) is 3.15. The number of nitrogens with zero attached hydrogens (tertiary/aromatic N) is 2. The summed E-state index contributed by atoms with van der Waals surface area (Å²) in [6, 6.07) is 15.0. The lowest BCUT2D eigenvalue weighted by Gasteiger charge is -2.04. The monoisotopic (exact) mass is 407 g/mol. The van der Waals surface area contributed by atoms with E-state index < -0.39 is 0 Å². The minimum atomic E-state index is -0.239. The zero-order valence-electron chi connectivity index (χ0n) is 13.9. The number of fused-ring (bicyclic) bond motifs is 1. The van der Waals surface area contributed by atoms with E-state index in [1.807, 2.05) is 37.3 Å². The molecule has 1 N–H and O–H groups in total. The van der Waals surface area contributed by atoms with Gasteiger partial charge in [0.1, 0.15) is 5.52 Å². The van der Waals surface area contributed by atoms with E-state index in [4.69, 9.17) is 4.42 Å². The summed E-state index contributed by atoms with van der Waals surface area (Å²) in [7, 11) is 0. The Morgan fingerprint density at radius 2 is 1.96 bits per heavy atom. The van der Waals surface area contributed by atoms with Crippen molar-refractivity contribution >= 4 is 38.6 Å². The first-order chi connectivity index (χ1) is 12.6. The van der Waals surface area contributed by atoms with Crippen molar-refractivity contribution in [1.82, 2.24) is 9.97 Å². The molecule has 0 saturated heterocycles. The predicted octanol–water partition coefficient (Wildman–Crippen LogP) is 5.21. The van der Waals surface area contributed by atoms with Gasteiger partial charge in [-0.15, -0.1) is 0 Å². The third-order valence-electron chi connectivity index (χ3n) is 3.99. The smallest absolute Gasteiger partial charge is 0.257 e. The van der Waals surface area contributed by atoms with Crippen LogP contribution in [0.25, 0.3) is 22.6 Å². The maximum atomic E-state index is 12.4. The van der Waals surface area contributed by atoms with Gasteiger partial charge in [-0.05, 0) is 52.7 Å². The molecule has 0 fully saturated rings. The Bertz CT molecular complexity index is 1120. The van der Waals surface area contributed by atoms with Gasteiger partial charge in [0.2, 0.25) is 5.89 Å². The van der Waals surface area contributed by atoms with Crippen molar-refractivity contribution in [2.45, 2.75) is 6.92 Å². The molecule has 0 unspecified atom stereocenters. The maximum absolute atomic E-state index is 12.4. The lowest BCUT2D eigenvalue weighted by molar-refractivity contribution is 0.102. The van der Waals surface area contributed by atoms with Gasteiger partial charge in [-0.25, -0.2) is 4.98 Å². The van der Waals surface area contributed by atoms with Crippen LogP contribution in [-0.2, 0) is 0 Å². The van der Waals surface area contributed by atoms with Gasteiger partial charge < -0.3 is 9.73 Å². The molecule has 1 amide bonds. The molecule has 0 radical (unpaired) electrons. The van der Waals surface area contributed by atoms with Gasteiger partial charge >= 0.3 is 0 Å². The molecule has 128 valence electrons. The van der Waals surface area contributed by atoms with Gasteiger partial charge in [-0.3, -0.25) is 9.78 Å². The van der Waals surface area contributed by atoms with Crippen molar-refractivity contribution in [1.29, 1.82) is 0 Å². The third-order valence-corrected chi connectivity index (χ3v) is 4.42. The molecule has 4 aromatic rings. The molecule has 0 aliphatic heterocycles. The average Bonchev–Trinajstić information content (AvgIpc) is 3.05. The van der Waals surface area contributed by atoms with E-state index in [0.717, 1.165) is 21.1 Å². The SMILES string of the molecule is Cc1ccccc1-c1nc2ccc(NC(=O)c3cncc(Br)c3)cc2o1. The molecule has 5 nitrogen and oxygen atoms in total. The first-order valence-electron chi connectivity index (χ1n) is 7.99. The van der Waals surface area contributed by atoms with E-state index >= 15 is 0 Å². The standard InChI is InChI=1S/C20H14BrN3O2/c1-12-4-2-3-5-16(12)20-24-17-7-6-15(9-18(17)26-20)23-19(25)13-8-14(21)11-22-10-13/h2-11H,1H3,(H,23,25). The number of anilines is 1. The highest BCUT2D eigenvalue weighted by molar-refractivity contribution is 9.10. The van der Waals surface area contributed by atoms with Crippen molar-refractivity contribution in [3.63, 3.8) is 0 Å². The summed E-state index contributed by atoms with van der Waals surface area (Å²) >= 11 is 3.31. The fourth-order valence-electron chi connectivity index (χ4n) is 2.67. The molecule has 0 saturated carbocycles. The number of carbonyl (C=O) groups excluding carboxylic acids is 1. The van der Waals surface area contributed by atoms with Crippen LogP contribution < -0.4 is 5.32 Å². The van der Waals surface area contributed by atoms with E-state index in [0.29, 0.717) is 22.7 Å². The van der Waals surface area contributed by atoms with Gasteiger partial charge in [-0.1, -0.05) is 18.2 Å². The van der Waals surface area contributed by atoms with Crippen molar-refractivity contribution in [3.05, 3.63) is 76.5 Å². The number of pyridine rings is 1. The van der Waals surface area contributed by atoms with Crippen LogP contribution in [0.5, 0.6) is 0 Å². The van der Waals surface area contributed by atoms with Crippen LogP contribution in [0, 0.1) is 6.92 Å². The summed E-state index contributed by atoms with van der Waals surface area (Å²) in [4.78, 5) is 20.9. The highest BCUT2D eigenvalue weighted by Gasteiger charge is 2.12. The van der Waals surface area contributed by atoms with Gasteiger partial charge in [-0.2, -0.15) is 0 Å². The van der Waals surface area contributed by atoms with Crippen molar-refractivity contribution < 1.29 is 9.21 Å². The summed E-state index contributed by atoms with van der Waals surface area (Å²) in [5, 5.41) is 2.85. The molecular weight excluding hydrogens is 394 g/mol. The number of oxazole rings is 1. The number of hydrogen-bond acceptors (Lipinski definition) is 4. The minimum absolute atomic E-state index is 0.239. The number of amides is 1. The Morgan fingerprint density at radius 1 is 1.12 bits per heavy atom. The average molecular weight is 408 g/mol. The summed E-state index contributed by atoms with van der Waals surface area (Å²) < 4.78 is 6.65. The number of hydrogen-bond donors (Lipinski definition) is 1. The quantitative estimate of drug-likeness (QED) is 0.505. The molecule has 0 aliphatic carbocycles. The Labute approximate surface area is 158 Å². The van der Waals surface area contributed by atoms with E-state index in [1.165, 1.54) is 6.20 Å². The molecule has 0 atom stereocenters. The van der Waals surface area contributed by atoms with E-state index in [-0.39, 0.29) is 5.91 Å². The molecule has 6 heteroatoms. The molecular formula is C20H14BrN3O2. The Hall–Kier alpha value is -2.99. The highest BCUT2D eigenvalue weighted by atomic mass is 79.9. The molecule has 4 rings (SSSR count). The van der Waals surface area contributed by atoms with Crippen molar-refractivity contribution in [2.75, 3.05) is 5.32 Å². The fraction of sp³-hybridized carbons (Fsp3) is 0.0500. The Morgan fingerprint density at radius 3 is 2.77 bits per heavy atom. The number of nitrogens with one attached hydrogen (secondary N) is 1. The summed E-state index contributed by atoms with van der Waals surface area (Å²) in [5.41, 5.74) is 4.51.